The van der Waals surface area contributed by atoms with Gasteiger partial charge in [-0.3, -0.25) is 4.79 Å². The lowest BCUT2D eigenvalue weighted by Gasteiger charge is -2.40. The molecule has 1 rings (SSSR count). The van der Waals surface area contributed by atoms with Crippen LogP contribution in [0.25, 0.3) is 0 Å². The fraction of sp³-hybridized carbons (Fsp3) is 0.900. The number of morpholine rings is 1. The summed E-state index contributed by atoms with van der Waals surface area (Å²) in [6.07, 6.45) is 0.127. The Bertz CT molecular complexity index is 225. The molecular formula is C10H18BrNO2. The van der Waals surface area contributed by atoms with Crippen LogP contribution in [-0.4, -0.2) is 40.4 Å². The van der Waals surface area contributed by atoms with Gasteiger partial charge in [-0.1, -0.05) is 15.9 Å². The van der Waals surface area contributed by atoms with Crippen molar-refractivity contribution in [1.82, 2.24) is 4.90 Å². The van der Waals surface area contributed by atoms with Crippen LogP contribution in [0.1, 0.15) is 27.7 Å². The number of halogens is 1. The topological polar surface area (TPSA) is 29.5 Å². The molecule has 2 unspecified atom stereocenters. The minimum atomic E-state index is -0.474. The molecule has 1 saturated heterocycles. The first kappa shape index (κ1) is 12.0. The Balaban J connectivity index is 2.72. The summed E-state index contributed by atoms with van der Waals surface area (Å²) in [7, 11) is 0. The predicted molar refractivity (Wildman–Crippen MR) is 59.6 cm³/mol. The molecule has 0 saturated carbocycles. The van der Waals surface area contributed by atoms with Crippen molar-refractivity contribution >= 4 is 21.8 Å². The van der Waals surface area contributed by atoms with E-state index in [9.17, 15) is 4.79 Å². The number of carbonyl (C=O) groups excluding carboxylic acids is 1. The summed E-state index contributed by atoms with van der Waals surface area (Å²) in [6.45, 7) is 9.12. The summed E-state index contributed by atoms with van der Waals surface area (Å²) in [5.74, 6) is 0.139. The van der Waals surface area contributed by atoms with E-state index < -0.39 is 4.32 Å². The summed E-state index contributed by atoms with van der Waals surface area (Å²) in [6, 6.07) is 0.160. The maximum Gasteiger partial charge on any atom is 0.239 e. The van der Waals surface area contributed by atoms with Crippen molar-refractivity contribution in [2.24, 2.45) is 0 Å². The van der Waals surface area contributed by atoms with Gasteiger partial charge in [0.25, 0.3) is 0 Å². The minimum absolute atomic E-state index is 0.127. The quantitative estimate of drug-likeness (QED) is 0.676. The van der Waals surface area contributed by atoms with Crippen LogP contribution in [0.2, 0.25) is 0 Å². The van der Waals surface area contributed by atoms with E-state index in [0.717, 1.165) is 0 Å². The normalized spacial score (nSPS) is 29.1. The predicted octanol–water partition coefficient (Wildman–Crippen LogP) is 1.80. The maximum absolute atomic E-state index is 12.0. The van der Waals surface area contributed by atoms with E-state index in [1.165, 1.54) is 0 Å². The van der Waals surface area contributed by atoms with Crippen LogP contribution in [0.5, 0.6) is 0 Å². The number of rotatable bonds is 1. The summed E-state index contributed by atoms with van der Waals surface area (Å²) >= 11 is 3.39. The highest BCUT2D eigenvalue weighted by Gasteiger charge is 2.35. The summed E-state index contributed by atoms with van der Waals surface area (Å²) in [5, 5.41) is 0. The van der Waals surface area contributed by atoms with Gasteiger partial charge in [-0.05, 0) is 27.7 Å². The van der Waals surface area contributed by atoms with E-state index in [1.54, 1.807) is 0 Å². The molecule has 1 aliphatic rings. The van der Waals surface area contributed by atoms with Gasteiger partial charge in [0.15, 0.2) is 0 Å². The average molecular weight is 264 g/mol. The Morgan fingerprint density at radius 1 is 1.50 bits per heavy atom. The monoisotopic (exact) mass is 263 g/mol. The summed E-state index contributed by atoms with van der Waals surface area (Å²) in [5.41, 5.74) is 0. The number of nitrogens with zero attached hydrogens (tertiary/aromatic N) is 1. The average Bonchev–Trinajstić information content (AvgIpc) is 2.07. The fourth-order valence-corrected chi connectivity index (χ4v) is 1.79. The zero-order chi connectivity index (χ0) is 10.9. The van der Waals surface area contributed by atoms with E-state index in [1.807, 2.05) is 32.6 Å². The Kier molecular flexibility index (Phi) is 3.58. The third-order valence-electron chi connectivity index (χ3n) is 2.65. The Labute approximate surface area is 93.9 Å². The molecule has 0 radical (unpaired) electrons. The number of alkyl halides is 1. The molecule has 4 heteroatoms. The van der Waals surface area contributed by atoms with Crippen LogP contribution in [0.3, 0.4) is 0 Å². The second-order valence-electron chi connectivity index (χ2n) is 4.29. The third-order valence-corrected chi connectivity index (χ3v) is 2.99. The second kappa shape index (κ2) is 4.19. The molecule has 1 amide bonds. The second-order valence-corrected chi connectivity index (χ2v) is 6.27. The number of ether oxygens (including phenoxy) is 1. The largest absolute Gasteiger partial charge is 0.375 e. The molecule has 82 valence electrons. The molecule has 1 fully saturated rings. The summed E-state index contributed by atoms with van der Waals surface area (Å²) < 4.78 is 5.00. The van der Waals surface area contributed by atoms with Crippen molar-refractivity contribution < 1.29 is 9.53 Å². The van der Waals surface area contributed by atoms with Crippen molar-refractivity contribution in [3.8, 4) is 0 Å². The highest BCUT2D eigenvalue weighted by molar-refractivity contribution is 9.10. The van der Waals surface area contributed by atoms with Crippen molar-refractivity contribution in [2.75, 3.05) is 13.2 Å². The van der Waals surface area contributed by atoms with Gasteiger partial charge in [-0.25, -0.2) is 0 Å². The van der Waals surface area contributed by atoms with E-state index >= 15 is 0 Å². The lowest BCUT2D eigenvalue weighted by Crippen LogP contribution is -2.55. The smallest absolute Gasteiger partial charge is 0.239 e. The SMILES string of the molecule is CC1OCCN(C(=O)C(C)(C)Br)C1C. The molecule has 0 aromatic carbocycles. The zero-order valence-electron chi connectivity index (χ0n) is 9.21. The van der Waals surface area contributed by atoms with Gasteiger partial charge < -0.3 is 9.64 Å². The fourth-order valence-electron chi connectivity index (χ4n) is 1.56. The van der Waals surface area contributed by atoms with Crippen LogP contribution < -0.4 is 0 Å². The standard InChI is InChI=1S/C10H18BrNO2/c1-7-8(2)14-6-5-12(7)9(13)10(3,4)11/h7-8H,5-6H2,1-4H3. The van der Waals surface area contributed by atoms with Crippen LogP contribution in [0.15, 0.2) is 0 Å². The zero-order valence-corrected chi connectivity index (χ0v) is 10.8. The Morgan fingerprint density at radius 2 is 2.07 bits per heavy atom. The third kappa shape index (κ3) is 2.48. The van der Waals surface area contributed by atoms with Crippen LogP contribution in [0, 0.1) is 0 Å². The lowest BCUT2D eigenvalue weighted by molar-refractivity contribution is -0.145. The van der Waals surface area contributed by atoms with Gasteiger partial charge in [-0.15, -0.1) is 0 Å². The number of hydrogen-bond acceptors (Lipinski definition) is 2. The first-order valence-corrected chi connectivity index (χ1v) is 5.75. The minimum Gasteiger partial charge on any atom is -0.375 e. The number of amides is 1. The first-order valence-electron chi connectivity index (χ1n) is 4.95. The van der Waals surface area contributed by atoms with Gasteiger partial charge in [0, 0.05) is 6.54 Å². The van der Waals surface area contributed by atoms with Crippen LogP contribution >= 0.6 is 15.9 Å². The molecule has 0 aliphatic carbocycles. The maximum atomic E-state index is 12.0. The van der Waals surface area contributed by atoms with Gasteiger partial charge in [0.05, 0.1) is 23.1 Å². The van der Waals surface area contributed by atoms with E-state index in [0.29, 0.717) is 13.2 Å². The van der Waals surface area contributed by atoms with Crippen LogP contribution in [0.4, 0.5) is 0 Å². The van der Waals surface area contributed by atoms with Gasteiger partial charge in [0.2, 0.25) is 5.91 Å². The van der Waals surface area contributed by atoms with Gasteiger partial charge >= 0.3 is 0 Å². The molecule has 0 N–H and O–H groups in total. The lowest BCUT2D eigenvalue weighted by atomic mass is 10.1. The molecule has 0 spiro atoms. The molecule has 0 aromatic heterocycles. The molecule has 0 bridgehead atoms. The molecular weight excluding hydrogens is 246 g/mol. The number of hydrogen-bond donors (Lipinski definition) is 0. The molecule has 14 heavy (non-hydrogen) atoms. The van der Waals surface area contributed by atoms with Gasteiger partial charge in [0.1, 0.15) is 0 Å². The number of carbonyl (C=O) groups is 1. The molecule has 0 aromatic rings. The Hall–Kier alpha value is -0.0900. The molecule has 3 nitrogen and oxygen atoms in total. The first-order chi connectivity index (χ1) is 6.34. The van der Waals surface area contributed by atoms with Crippen LogP contribution in [-0.2, 0) is 9.53 Å². The van der Waals surface area contributed by atoms with Crippen molar-refractivity contribution in [3.05, 3.63) is 0 Å². The molecule has 1 heterocycles. The van der Waals surface area contributed by atoms with E-state index in [-0.39, 0.29) is 18.1 Å². The van der Waals surface area contributed by atoms with Crippen molar-refractivity contribution in [2.45, 2.75) is 44.2 Å². The molecule has 1 aliphatic heterocycles. The van der Waals surface area contributed by atoms with E-state index in [2.05, 4.69) is 15.9 Å². The van der Waals surface area contributed by atoms with Gasteiger partial charge in [-0.2, -0.15) is 0 Å². The highest BCUT2D eigenvalue weighted by atomic mass is 79.9. The highest BCUT2D eigenvalue weighted by Crippen LogP contribution is 2.23. The summed E-state index contributed by atoms with van der Waals surface area (Å²) in [4.78, 5) is 13.9. The Morgan fingerprint density at radius 3 is 2.57 bits per heavy atom. The van der Waals surface area contributed by atoms with Crippen molar-refractivity contribution in [1.29, 1.82) is 0 Å². The van der Waals surface area contributed by atoms with E-state index in [4.69, 9.17) is 4.74 Å². The molecule has 2 atom stereocenters. The van der Waals surface area contributed by atoms with Crippen molar-refractivity contribution in [3.63, 3.8) is 0 Å².